The average molecular weight is 510 g/mol. The van der Waals surface area contributed by atoms with Crippen molar-refractivity contribution < 1.29 is 24.9 Å². The zero-order valence-corrected chi connectivity index (χ0v) is 20.2. The minimum absolute atomic E-state index is 0.139. The molecule has 0 bridgehead atoms. The Morgan fingerprint density at radius 2 is 1.75 bits per heavy atom. The van der Waals surface area contributed by atoms with Gasteiger partial charge in [-0.1, -0.05) is 66.2 Å². The number of carboxylic acids is 1. The minimum Gasteiger partial charge on any atom is -0.508 e. The second kappa shape index (κ2) is 11.5. The van der Waals surface area contributed by atoms with Crippen LogP contribution in [0.5, 0.6) is 5.75 Å². The fraction of sp³-hybridized carbons (Fsp3) is 0.259. The van der Waals surface area contributed by atoms with E-state index in [9.17, 15) is 24.9 Å². The molecule has 188 valence electrons. The molecule has 2 unspecified atom stereocenters. The van der Waals surface area contributed by atoms with Crippen LogP contribution in [0.15, 0.2) is 72.8 Å². The molecule has 36 heavy (non-hydrogen) atoms. The number of rotatable bonds is 9. The van der Waals surface area contributed by atoms with Crippen molar-refractivity contribution in [1.29, 1.82) is 0 Å². The molecule has 0 aromatic heterocycles. The number of carboxylic acid groups (broad SMARTS) is 1. The number of benzene rings is 3. The highest BCUT2D eigenvalue weighted by molar-refractivity contribution is 6.30. The maximum Gasteiger partial charge on any atom is 0.332 e. The summed E-state index contributed by atoms with van der Waals surface area (Å²) in [5.41, 5.74) is 9.48. The molecule has 1 amide bonds. The van der Waals surface area contributed by atoms with Crippen molar-refractivity contribution >= 4 is 23.5 Å². The maximum absolute atomic E-state index is 13.0. The third-order valence-electron chi connectivity index (χ3n) is 6.27. The van der Waals surface area contributed by atoms with E-state index in [0.717, 1.165) is 16.7 Å². The first-order valence-electron chi connectivity index (χ1n) is 11.6. The van der Waals surface area contributed by atoms with Gasteiger partial charge in [-0.15, -0.1) is 0 Å². The molecule has 0 radical (unpaired) electrons. The molecule has 0 spiro atoms. The van der Waals surface area contributed by atoms with Crippen molar-refractivity contribution in [2.75, 3.05) is 0 Å². The lowest BCUT2D eigenvalue weighted by atomic mass is 9.97. The van der Waals surface area contributed by atoms with Gasteiger partial charge < -0.3 is 20.6 Å². The lowest BCUT2D eigenvalue weighted by molar-refractivity contribution is -0.147. The van der Waals surface area contributed by atoms with E-state index in [1.807, 2.05) is 48.5 Å². The van der Waals surface area contributed by atoms with Crippen LogP contribution in [-0.4, -0.2) is 45.4 Å². The number of halogens is 1. The highest BCUT2D eigenvalue weighted by Gasteiger charge is 2.33. The molecule has 9 heteroatoms. The SMILES string of the molecule is O=C(N[C@H](Cc1ccc(-c2cccc(Cl)c2)cc1)C[C@@H](O)C(=O)O)C1CC(c2ccccc2O)NN1. The summed E-state index contributed by atoms with van der Waals surface area (Å²) in [4.78, 5) is 24.3. The summed E-state index contributed by atoms with van der Waals surface area (Å²) >= 11 is 6.09. The highest BCUT2D eigenvalue weighted by atomic mass is 35.5. The zero-order chi connectivity index (χ0) is 25.7. The molecule has 1 fully saturated rings. The Morgan fingerprint density at radius 1 is 1.00 bits per heavy atom. The minimum atomic E-state index is -1.61. The fourth-order valence-corrected chi connectivity index (χ4v) is 4.56. The van der Waals surface area contributed by atoms with E-state index in [1.165, 1.54) is 0 Å². The zero-order valence-electron chi connectivity index (χ0n) is 19.4. The predicted molar refractivity (Wildman–Crippen MR) is 136 cm³/mol. The van der Waals surface area contributed by atoms with Crippen LogP contribution < -0.4 is 16.2 Å². The smallest absolute Gasteiger partial charge is 0.332 e. The Bertz CT molecular complexity index is 1220. The molecule has 4 rings (SSSR count). The van der Waals surface area contributed by atoms with E-state index < -0.39 is 24.2 Å². The molecular formula is C27H28ClN3O5. The molecule has 1 saturated heterocycles. The monoisotopic (exact) mass is 509 g/mol. The number of carbonyl (C=O) groups is 2. The van der Waals surface area contributed by atoms with Gasteiger partial charge in [0.1, 0.15) is 11.8 Å². The second-order valence-corrected chi connectivity index (χ2v) is 9.33. The maximum atomic E-state index is 13.0. The van der Waals surface area contributed by atoms with Gasteiger partial charge in [-0.3, -0.25) is 4.79 Å². The summed E-state index contributed by atoms with van der Waals surface area (Å²) in [6.45, 7) is 0. The van der Waals surface area contributed by atoms with Gasteiger partial charge in [0.05, 0.1) is 6.04 Å². The van der Waals surface area contributed by atoms with Crippen molar-refractivity contribution in [3.05, 3.63) is 88.9 Å². The van der Waals surface area contributed by atoms with Crippen LogP contribution in [0.25, 0.3) is 11.1 Å². The topological polar surface area (TPSA) is 131 Å². The number of carbonyl (C=O) groups excluding carboxylic acids is 1. The molecule has 1 aliphatic heterocycles. The number of nitrogens with one attached hydrogen (secondary N) is 3. The largest absolute Gasteiger partial charge is 0.508 e. The fourth-order valence-electron chi connectivity index (χ4n) is 4.37. The van der Waals surface area contributed by atoms with Gasteiger partial charge in [0, 0.05) is 23.0 Å². The number of para-hydroxylation sites is 1. The van der Waals surface area contributed by atoms with Crippen LogP contribution >= 0.6 is 11.6 Å². The summed E-state index contributed by atoms with van der Waals surface area (Å²) in [7, 11) is 0. The van der Waals surface area contributed by atoms with Crippen LogP contribution in [0.2, 0.25) is 5.02 Å². The van der Waals surface area contributed by atoms with Gasteiger partial charge in [-0.05, 0) is 47.7 Å². The van der Waals surface area contributed by atoms with E-state index in [4.69, 9.17) is 11.6 Å². The average Bonchev–Trinajstić information content (AvgIpc) is 3.35. The van der Waals surface area contributed by atoms with Crippen LogP contribution in [0.1, 0.15) is 30.0 Å². The molecule has 4 atom stereocenters. The Labute approximate surface area is 213 Å². The Balaban J connectivity index is 1.43. The van der Waals surface area contributed by atoms with E-state index in [1.54, 1.807) is 24.3 Å². The number of phenolic OH excluding ortho intramolecular Hbond substituents is 1. The molecule has 3 aromatic rings. The molecule has 6 N–H and O–H groups in total. The number of aliphatic hydroxyl groups excluding tert-OH is 1. The molecule has 0 aliphatic carbocycles. The van der Waals surface area contributed by atoms with E-state index in [0.29, 0.717) is 23.4 Å². The summed E-state index contributed by atoms with van der Waals surface area (Å²) in [5.74, 6) is -1.52. The highest BCUT2D eigenvalue weighted by Crippen LogP contribution is 2.29. The summed E-state index contributed by atoms with van der Waals surface area (Å²) in [6, 6.07) is 20.7. The number of aliphatic carboxylic acids is 1. The van der Waals surface area contributed by atoms with E-state index in [-0.39, 0.29) is 24.1 Å². The number of amides is 1. The van der Waals surface area contributed by atoms with Crippen molar-refractivity contribution in [2.45, 2.75) is 43.5 Å². The second-order valence-electron chi connectivity index (χ2n) is 8.90. The molecule has 0 saturated carbocycles. The first-order valence-corrected chi connectivity index (χ1v) is 12.0. The van der Waals surface area contributed by atoms with Gasteiger partial charge in [-0.2, -0.15) is 0 Å². The number of phenols is 1. The number of aliphatic hydroxyl groups is 1. The molecule has 1 heterocycles. The van der Waals surface area contributed by atoms with Gasteiger partial charge in [0.2, 0.25) is 5.91 Å². The number of hydrogen-bond acceptors (Lipinski definition) is 6. The van der Waals surface area contributed by atoms with Crippen LogP contribution in [0.4, 0.5) is 0 Å². The van der Waals surface area contributed by atoms with Crippen LogP contribution in [0.3, 0.4) is 0 Å². The molecule has 1 aliphatic rings. The molecule has 3 aromatic carbocycles. The first kappa shape index (κ1) is 25.7. The van der Waals surface area contributed by atoms with Gasteiger partial charge in [-0.25, -0.2) is 15.6 Å². The van der Waals surface area contributed by atoms with Gasteiger partial charge >= 0.3 is 5.97 Å². The molecule has 8 nitrogen and oxygen atoms in total. The summed E-state index contributed by atoms with van der Waals surface area (Å²) < 4.78 is 0. The summed E-state index contributed by atoms with van der Waals surface area (Å²) in [6.07, 6.45) is -1.01. The van der Waals surface area contributed by atoms with Crippen LogP contribution in [0, 0.1) is 0 Å². The quantitative estimate of drug-likeness (QED) is 0.261. The molecular weight excluding hydrogens is 482 g/mol. The summed E-state index contributed by atoms with van der Waals surface area (Å²) in [5, 5.41) is 32.8. The predicted octanol–water partition coefficient (Wildman–Crippen LogP) is 3.18. The lowest BCUT2D eigenvalue weighted by Crippen LogP contribution is -2.48. The van der Waals surface area contributed by atoms with Gasteiger partial charge in [0.15, 0.2) is 6.10 Å². The number of aromatic hydroxyl groups is 1. The third-order valence-corrected chi connectivity index (χ3v) is 6.50. The van der Waals surface area contributed by atoms with E-state index in [2.05, 4.69) is 16.2 Å². The standard InChI is InChI=1S/C27H28ClN3O5/c28-19-5-3-4-18(13-19)17-10-8-16(9-11-17)12-20(14-25(33)27(35)36)29-26(34)23-15-22(30-31-23)21-6-1-2-7-24(21)32/h1-11,13,20,22-23,25,30-33H,12,14-15H2,(H,29,34)(H,35,36)/t20-,22?,23?,25-/m1/s1. The van der Waals surface area contributed by atoms with Crippen molar-refractivity contribution in [2.24, 2.45) is 0 Å². The Hall–Kier alpha value is -3.43. The first-order chi connectivity index (χ1) is 17.3. The van der Waals surface area contributed by atoms with Crippen molar-refractivity contribution in [1.82, 2.24) is 16.2 Å². The van der Waals surface area contributed by atoms with Crippen molar-refractivity contribution in [3.8, 4) is 16.9 Å². The van der Waals surface area contributed by atoms with Gasteiger partial charge in [0.25, 0.3) is 0 Å². The Kier molecular flexibility index (Phi) is 8.22. The third kappa shape index (κ3) is 6.41. The number of hydrogen-bond donors (Lipinski definition) is 6. The van der Waals surface area contributed by atoms with Crippen molar-refractivity contribution in [3.63, 3.8) is 0 Å². The lowest BCUT2D eigenvalue weighted by Gasteiger charge is -2.22. The van der Waals surface area contributed by atoms with E-state index >= 15 is 0 Å². The number of hydrazine groups is 1. The van der Waals surface area contributed by atoms with Crippen LogP contribution in [-0.2, 0) is 16.0 Å². The Morgan fingerprint density at radius 3 is 2.44 bits per heavy atom. The normalized spacial score (nSPS) is 18.9.